The van der Waals surface area contributed by atoms with Crippen molar-refractivity contribution in [3.63, 3.8) is 0 Å². The first-order valence-corrected chi connectivity index (χ1v) is 11.3. The van der Waals surface area contributed by atoms with Crippen LogP contribution in [0.4, 0.5) is 0 Å². The van der Waals surface area contributed by atoms with Crippen molar-refractivity contribution in [3.8, 4) is 0 Å². The van der Waals surface area contributed by atoms with Crippen molar-refractivity contribution in [2.45, 2.75) is 45.0 Å². The molecule has 146 valence electrons. The van der Waals surface area contributed by atoms with E-state index in [9.17, 15) is 9.59 Å². The molecule has 0 aromatic carbocycles. The standard InChI is InChI=1S/C19H20N4O2S3/c1-7-9(3)26-16-12(7)15(24)20-14(21-16)11(5)28-19-22-17-13(18(25)23(19)6)8(2)10(4)27-17/h11H,1-6H3,(H,20,21,24). The van der Waals surface area contributed by atoms with E-state index in [1.54, 1.807) is 11.6 Å². The van der Waals surface area contributed by atoms with E-state index in [4.69, 9.17) is 4.98 Å². The Morgan fingerprint density at radius 2 is 1.54 bits per heavy atom. The van der Waals surface area contributed by atoms with Crippen molar-refractivity contribution in [2.75, 3.05) is 0 Å². The largest absolute Gasteiger partial charge is 0.309 e. The molecule has 0 bridgehead atoms. The SMILES string of the molecule is Cc1sc2nc(C(C)Sc3nc4sc(C)c(C)c4c(=O)n3C)[nH]c(=O)c2c1C. The third-order valence-electron chi connectivity index (χ3n) is 5.09. The smallest absolute Gasteiger partial charge is 0.262 e. The molecular formula is C19H20N4O2S3. The fraction of sp³-hybridized carbons (Fsp3) is 0.368. The second-order valence-electron chi connectivity index (χ2n) is 6.90. The highest BCUT2D eigenvalue weighted by atomic mass is 32.2. The lowest BCUT2D eigenvalue weighted by atomic mass is 10.2. The average molecular weight is 433 g/mol. The zero-order valence-electron chi connectivity index (χ0n) is 16.5. The number of aromatic amines is 1. The molecule has 0 amide bonds. The second kappa shape index (κ2) is 6.82. The first-order chi connectivity index (χ1) is 13.2. The quantitative estimate of drug-likeness (QED) is 0.384. The summed E-state index contributed by atoms with van der Waals surface area (Å²) >= 11 is 4.50. The number of rotatable bonds is 3. The van der Waals surface area contributed by atoms with Crippen molar-refractivity contribution >= 4 is 54.9 Å². The van der Waals surface area contributed by atoms with Gasteiger partial charge in [-0.1, -0.05) is 11.8 Å². The van der Waals surface area contributed by atoms with Gasteiger partial charge >= 0.3 is 0 Å². The summed E-state index contributed by atoms with van der Waals surface area (Å²) in [7, 11) is 1.74. The van der Waals surface area contributed by atoms with E-state index < -0.39 is 0 Å². The van der Waals surface area contributed by atoms with Gasteiger partial charge in [-0.05, 0) is 45.7 Å². The van der Waals surface area contributed by atoms with Gasteiger partial charge in [-0.2, -0.15) is 0 Å². The average Bonchev–Trinajstić information content (AvgIpc) is 3.08. The lowest BCUT2D eigenvalue weighted by Gasteiger charge is -2.12. The van der Waals surface area contributed by atoms with Crippen LogP contribution in [0.15, 0.2) is 14.7 Å². The van der Waals surface area contributed by atoms with Crippen LogP contribution in [0.3, 0.4) is 0 Å². The van der Waals surface area contributed by atoms with Gasteiger partial charge in [0.1, 0.15) is 15.5 Å². The minimum Gasteiger partial charge on any atom is -0.309 e. The summed E-state index contributed by atoms with van der Waals surface area (Å²) < 4.78 is 1.58. The van der Waals surface area contributed by atoms with Crippen molar-refractivity contribution in [1.29, 1.82) is 0 Å². The summed E-state index contributed by atoms with van der Waals surface area (Å²) in [5.41, 5.74) is 1.83. The number of nitrogens with one attached hydrogen (secondary N) is 1. The third-order valence-corrected chi connectivity index (χ3v) is 8.45. The molecule has 1 unspecified atom stereocenters. The molecule has 0 saturated carbocycles. The Bertz CT molecular complexity index is 1360. The summed E-state index contributed by atoms with van der Waals surface area (Å²) in [6.07, 6.45) is 0. The van der Waals surface area contributed by atoms with Gasteiger partial charge in [0.05, 0.1) is 16.0 Å². The van der Waals surface area contributed by atoms with Crippen LogP contribution >= 0.6 is 34.4 Å². The highest BCUT2D eigenvalue weighted by Crippen LogP contribution is 2.35. The predicted molar refractivity (Wildman–Crippen MR) is 118 cm³/mol. The van der Waals surface area contributed by atoms with Crippen molar-refractivity contribution < 1.29 is 0 Å². The maximum absolute atomic E-state index is 12.8. The van der Waals surface area contributed by atoms with E-state index in [2.05, 4.69) is 9.97 Å². The second-order valence-corrected chi connectivity index (χ2v) is 10.6. The highest BCUT2D eigenvalue weighted by Gasteiger charge is 2.20. The van der Waals surface area contributed by atoms with E-state index in [-0.39, 0.29) is 16.4 Å². The molecule has 0 aliphatic carbocycles. The molecule has 0 radical (unpaired) electrons. The topological polar surface area (TPSA) is 80.6 Å². The summed E-state index contributed by atoms with van der Waals surface area (Å²) in [4.78, 5) is 41.4. The van der Waals surface area contributed by atoms with Crippen LogP contribution in [0.5, 0.6) is 0 Å². The summed E-state index contributed by atoms with van der Waals surface area (Å²) in [6, 6.07) is 0. The molecule has 0 aliphatic heterocycles. The monoisotopic (exact) mass is 432 g/mol. The number of hydrogen-bond acceptors (Lipinski definition) is 7. The van der Waals surface area contributed by atoms with E-state index >= 15 is 0 Å². The number of aromatic nitrogens is 4. The lowest BCUT2D eigenvalue weighted by molar-refractivity contribution is 0.723. The van der Waals surface area contributed by atoms with Gasteiger partial charge < -0.3 is 4.98 Å². The van der Waals surface area contributed by atoms with E-state index in [0.717, 1.165) is 30.5 Å². The van der Waals surface area contributed by atoms with Gasteiger partial charge in [0, 0.05) is 16.8 Å². The molecule has 4 heterocycles. The zero-order valence-corrected chi connectivity index (χ0v) is 18.9. The van der Waals surface area contributed by atoms with Crippen molar-refractivity contribution in [3.05, 3.63) is 47.4 Å². The first kappa shape index (κ1) is 19.4. The van der Waals surface area contributed by atoms with Crippen LogP contribution in [0.2, 0.25) is 0 Å². The van der Waals surface area contributed by atoms with Gasteiger partial charge in [-0.15, -0.1) is 22.7 Å². The van der Waals surface area contributed by atoms with Crippen LogP contribution < -0.4 is 11.1 Å². The van der Waals surface area contributed by atoms with Crippen LogP contribution in [-0.4, -0.2) is 19.5 Å². The fourth-order valence-electron chi connectivity index (χ4n) is 3.14. The number of thioether (sulfide) groups is 1. The fourth-order valence-corrected chi connectivity index (χ4v) is 6.18. The normalized spacial score (nSPS) is 12.9. The number of nitrogens with zero attached hydrogens (tertiary/aromatic N) is 3. The van der Waals surface area contributed by atoms with E-state index in [1.165, 1.54) is 34.4 Å². The Labute approximate surface area is 173 Å². The van der Waals surface area contributed by atoms with Gasteiger partial charge in [-0.3, -0.25) is 14.2 Å². The maximum atomic E-state index is 12.8. The number of hydrogen-bond donors (Lipinski definition) is 1. The minimum absolute atomic E-state index is 0.0389. The Hall–Kier alpha value is -1.97. The first-order valence-electron chi connectivity index (χ1n) is 8.82. The molecule has 6 nitrogen and oxygen atoms in total. The van der Waals surface area contributed by atoms with Crippen LogP contribution in [-0.2, 0) is 7.05 Å². The molecule has 1 atom stereocenters. The Balaban J connectivity index is 1.77. The predicted octanol–water partition coefficient (Wildman–Crippen LogP) is 4.38. The van der Waals surface area contributed by atoms with Gasteiger partial charge in [0.2, 0.25) is 0 Å². The molecule has 0 aliphatic rings. The number of H-pyrrole nitrogens is 1. The van der Waals surface area contributed by atoms with E-state index in [1.807, 2.05) is 34.6 Å². The lowest BCUT2D eigenvalue weighted by Crippen LogP contribution is -2.20. The minimum atomic E-state index is -0.155. The van der Waals surface area contributed by atoms with Crippen molar-refractivity contribution in [2.24, 2.45) is 7.05 Å². The molecule has 4 aromatic rings. The number of aryl methyl sites for hydroxylation is 4. The van der Waals surface area contributed by atoms with Crippen LogP contribution in [0, 0.1) is 27.7 Å². The maximum Gasteiger partial charge on any atom is 0.262 e. The molecule has 0 saturated heterocycles. The molecule has 4 rings (SSSR count). The molecule has 1 N–H and O–H groups in total. The molecule has 4 aromatic heterocycles. The third kappa shape index (κ3) is 2.92. The number of thiophene rings is 2. The zero-order chi connectivity index (χ0) is 20.3. The molecular weight excluding hydrogens is 412 g/mol. The summed E-state index contributed by atoms with van der Waals surface area (Å²) in [6.45, 7) is 9.87. The molecule has 0 fully saturated rings. The summed E-state index contributed by atoms with van der Waals surface area (Å²) in [5, 5.41) is 1.82. The van der Waals surface area contributed by atoms with Crippen LogP contribution in [0.1, 0.15) is 38.9 Å². The van der Waals surface area contributed by atoms with Crippen LogP contribution in [0.25, 0.3) is 20.4 Å². The Morgan fingerprint density at radius 1 is 0.964 bits per heavy atom. The van der Waals surface area contributed by atoms with Gasteiger partial charge in [-0.25, -0.2) is 9.97 Å². The molecule has 0 spiro atoms. The molecule has 9 heteroatoms. The van der Waals surface area contributed by atoms with Gasteiger partial charge in [0.25, 0.3) is 11.1 Å². The van der Waals surface area contributed by atoms with Crippen molar-refractivity contribution in [1.82, 2.24) is 19.5 Å². The number of fused-ring (bicyclic) bond motifs is 2. The molecule has 28 heavy (non-hydrogen) atoms. The van der Waals surface area contributed by atoms with Gasteiger partial charge in [0.15, 0.2) is 5.16 Å². The Kier molecular flexibility index (Phi) is 4.71. The highest BCUT2D eigenvalue weighted by molar-refractivity contribution is 7.99. The summed E-state index contributed by atoms with van der Waals surface area (Å²) in [5.74, 6) is 0.594. The van der Waals surface area contributed by atoms with E-state index in [0.29, 0.717) is 21.8 Å². The Morgan fingerprint density at radius 3 is 2.18 bits per heavy atom.